The Labute approximate surface area is 103 Å². The summed E-state index contributed by atoms with van der Waals surface area (Å²) in [7, 11) is 0. The minimum atomic E-state index is 0. The molecule has 0 aliphatic carbocycles. The average molecular weight is 201 g/mol. The summed E-state index contributed by atoms with van der Waals surface area (Å²) >= 11 is 1.57. The number of nitrogens with zero attached hydrogens (tertiary/aromatic N) is 1. The normalized spacial score (nSPS) is 9.23. The van der Waals surface area contributed by atoms with Crippen LogP contribution in [0.15, 0.2) is 41.9 Å². The summed E-state index contributed by atoms with van der Waals surface area (Å²) in [5.74, 6) is 0. The molecule has 62 valence electrons. The summed E-state index contributed by atoms with van der Waals surface area (Å²) < 4.78 is 0.881. The van der Waals surface area contributed by atoms with E-state index in [2.05, 4.69) is 0 Å². The van der Waals surface area contributed by atoms with Crippen LogP contribution < -0.4 is 4.73 Å². The Morgan fingerprint density at radius 1 is 1.15 bits per heavy atom. The van der Waals surface area contributed by atoms with Crippen LogP contribution in [0.25, 0.3) is 10.6 Å². The van der Waals surface area contributed by atoms with Crippen molar-refractivity contribution in [2.45, 2.75) is 0 Å². The summed E-state index contributed by atoms with van der Waals surface area (Å²) in [6, 6.07) is 9.29. The molecule has 0 bridgehead atoms. The molecule has 0 radical (unpaired) electrons. The van der Waals surface area contributed by atoms with Crippen molar-refractivity contribution in [3.05, 3.63) is 47.1 Å². The van der Waals surface area contributed by atoms with Crippen LogP contribution in [0.5, 0.6) is 0 Å². The molecule has 0 aromatic carbocycles. The predicted molar refractivity (Wildman–Crippen MR) is 55.9 cm³/mol. The Bertz CT molecular complexity index is 375. The molecule has 13 heavy (non-hydrogen) atoms. The van der Waals surface area contributed by atoms with Crippen LogP contribution in [0, 0.1) is 5.21 Å². The van der Waals surface area contributed by atoms with Crippen molar-refractivity contribution < 1.29 is 4.73 Å². The molecule has 0 amide bonds. The Kier molecular flexibility index (Phi) is 3.93. The van der Waals surface area contributed by atoms with E-state index in [4.69, 9.17) is 0 Å². The van der Waals surface area contributed by atoms with Gasteiger partial charge in [0.25, 0.3) is 0 Å². The van der Waals surface area contributed by atoms with Gasteiger partial charge in [0.15, 0.2) is 6.20 Å². The van der Waals surface area contributed by atoms with Gasteiger partial charge in [-0.25, -0.2) is 0 Å². The second-order valence-electron chi connectivity index (χ2n) is 2.39. The van der Waals surface area contributed by atoms with Gasteiger partial charge in [-0.1, -0.05) is 6.07 Å². The fourth-order valence-electron chi connectivity index (χ4n) is 1.04. The van der Waals surface area contributed by atoms with E-state index < -0.39 is 0 Å². The van der Waals surface area contributed by atoms with Crippen molar-refractivity contribution in [1.29, 1.82) is 0 Å². The molecule has 4 heteroatoms. The summed E-state index contributed by atoms with van der Waals surface area (Å²) in [6.45, 7) is 0. The fraction of sp³-hybridized carbons (Fsp3) is 0. The second kappa shape index (κ2) is 4.77. The maximum atomic E-state index is 11.2. The Hall–Kier alpha value is -0.350. The third-order valence-corrected chi connectivity index (χ3v) is 2.49. The molecule has 2 heterocycles. The third kappa shape index (κ3) is 2.31. The standard InChI is InChI=1S/C9H7NOS.Na.H/c11-10-6-2-1-4-8(10)9-5-3-7-12-9;;/h1-7H;;. The molecule has 0 aliphatic heterocycles. The molecule has 0 atom stereocenters. The summed E-state index contributed by atoms with van der Waals surface area (Å²) in [4.78, 5) is 1.01. The van der Waals surface area contributed by atoms with Crippen molar-refractivity contribution in [3.63, 3.8) is 0 Å². The second-order valence-corrected chi connectivity index (χ2v) is 3.34. The average Bonchev–Trinajstić information content (AvgIpc) is 2.57. The fourth-order valence-corrected chi connectivity index (χ4v) is 1.78. The predicted octanol–water partition coefficient (Wildman–Crippen LogP) is 1.40. The number of hydrogen-bond acceptors (Lipinski definition) is 2. The van der Waals surface area contributed by atoms with Gasteiger partial charge in [-0.3, -0.25) is 0 Å². The maximum absolute atomic E-state index is 11.2. The number of hydrogen-bond donors (Lipinski definition) is 0. The smallest absolute Gasteiger partial charge is 0.233 e. The van der Waals surface area contributed by atoms with Gasteiger partial charge in [-0.2, -0.15) is 4.73 Å². The molecule has 2 aromatic rings. The number of thiophene rings is 1. The quantitative estimate of drug-likeness (QED) is 0.389. The van der Waals surface area contributed by atoms with Gasteiger partial charge in [-0.05, 0) is 17.5 Å². The van der Waals surface area contributed by atoms with E-state index in [-0.39, 0.29) is 29.6 Å². The molecule has 0 spiro atoms. The zero-order chi connectivity index (χ0) is 8.39. The van der Waals surface area contributed by atoms with Crippen molar-refractivity contribution in [1.82, 2.24) is 0 Å². The first-order chi connectivity index (χ1) is 5.88. The SMILES string of the molecule is [NaH].[O-][n+]1ccccc1-c1cccs1. The zero-order valence-corrected chi connectivity index (χ0v) is 7.12. The Morgan fingerprint density at radius 2 is 2.00 bits per heavy atom. The van der Waals surface area contributed by atoms with Gasteiger partial charge >= 0.3 is 29.6 Å². The van der Waals surface area contributed by atoms with E-state index in [1.807, 2.05) is 29.6 Å². The van der Waals surface area contributed by atoms with E-state index in [9.17, 15) is 5.21 Å². The largest absolute Gasteiger partial charge is 0.618 e. The first-order valence-corrected chi connectivity index (χ1v) is 4.48. The zero-order valence-electron chi connectivity index (χ0n) is 6.31. The van der Waals surface area contributed by atoms with Gasteiger partial charge in [0.2, 0.25) is 5.69 Å². The Balaban J connectivity index is 0.000000845. The van der Waals surface area contributed by atoms with Crippen LogP contribution >= 0.6 is 11.3 Å². The van der Waals surface area contributed by atoms with Crippen LogP contribution in [0.1, 0.15) is 0 Å². The van der Waals surface area contributed by atoms with Crippen molar-refractivity contribution in [2.24, 2.45) is 0 Å². The molecular weight excluding hydrogens is 193 g/mol. The van der Waals surface area contributed by atoms with E-state index in [0.717, 1.165) is 9.61 Å². The van der Waals surface area contributed by atoms with E-state index in [1.165, 1.54) is 6.20 Å². The Morgan fingerprint density at radius 3 is 2.62 bits per heavy atom. The van der Waals surface area contributed by atoms with Crippen molar-refractivity contribution in [2.75, 3.05) is 0 Å². The van der Waals surface area contributed by atoms with Crippen molar-refractivity contribution >= 4 is 40.9 Å². The molecule has 2 rings (SSSR count). The first-order valence-electron chi connectivity index (χ1n) is 3.60. The van der Waals surface area contributed by atoms with Gasteiger partial charge in [0.1, 0.15) is 0 Å². The summed E-state index contributed by atoms with van der Waals surface area (Å²) in [5.41, 5.74) is 0.715. The molecule has 0 saturated heterocycles. The minimum Gasteiger partial charge on any atom is -0.618 e. The van der Waals surface area contributed by atoms with Gasteiger partial charge < -0.3 is 5.21 Å². The first kappa shape index (κ1) is 10.7. The molecule has 0 unspecified atom stereocenters. The molecule has 0 N–H and O–H groups in total. The summed E-state index contributed by atoms with van der Waals surface area (Å²) in [5, 5.41) is 13.2. The number of pyridine rings is 1. The molecule has 0 fully saturated rings. The van der Waals surface area contributed by atoms with Crippen LogP contribution in [-0.4, -0.2) is 29.6 Å². The van der Waals surface area contributed by atoms with E-state index >= 15 is 0 Å². The number of aromatic nitrogens is 1. The van der Waals surface area contributed by atoms with Crippen LogP contribution in [0.4, 0.5) is 0 Å². The molecule has 2 aromatic heterocycles. The topological polar surface area (TPSA) is 26.9 Å². The molecule has 0 saturated carbocycles. The van der Waals surface area contributed by atoms with Gasteiger partial charge in [-0.15, -0.1) is 11.3 Å². The monoisotopic (exact) mass is 201 g/mol. The van der Waals surface area contributed by atoms with Crippen molar-refractivity contribution in [3.8, 4) is 10.6 Å². The maximum Gasteiger partial charge on any atom is 0.233 e. The molecule has 2 nitrogen and oxygen atoms in total. The van der Waals surface area contributed by atoms with Gasteiger partial charge in [0.05, 0.1) is 4.88 Å². The minimum absolute atomic E-state index is 0. The van der Waals surface area contributed by atoms with Crippen LogP contribution in [-0.2, 0) is 0 Å². The molecule has 0 aliphatic rings. The number of rotatable bonds is 1. The van der Waals surface area contributed by atoms with E-state index in [0.29, 0.717) is 5.69 Å². The third-order valence-electron chi connectivity index (χ3n) is 1.60. The van der Waals surface area contributed by atoms with Crippen LogP contribution in [0.2, 0.25) is 0 Å². The van der Waals surface area contributed by atoms with Crippen LogP contribution in [0.3, 0.4) is 0 Å². The van der Waals surface area contributed by atoms with Gasteiger partial charge in [0, 0.05) is 12.1 Å². The summed E-state index contributed by atoms with van der Waals surface area (Å²) in [6.07, 6.45) is 1.51. The molecular formula is C9H8NNaOS. The van der Waals surface area contributed by atoms with E-state index in [1.54, 1.807) is 17.4 Å².